The van der Waals surface area contributed by atoms with E-state index in [0.29, 0.717) is 5.56 Å². The van der Waals surface area contributed by atoms with Crippen LogP contribution in [0, 0.1) is 18.8 Å². The second-order valence-electron chi connectivity index (χ2n) is 4.63. The molecule has 2 heteroatoms. The van der Waals surface area contributed by atoms with Crippen LogP contribution in [0.1, 0.15) is 60.5 Å². The van der Waals surface area contributed by atoms with Crippen LogP contribution >= 0.6 is 0 Å². The van der Waals surface area contributed by atoms with Gasteiger partial charge in [0.05, 0.1) is 12.7 Å². The van der Waals surface area contributed by atoms with Crippen molar-refractivity contribution in [3.8, 4) is 11.8 Å². The van der Waals surface area contributed by atoms with Crippen LogP contribution in [0.15, 0.2) is 18.2 Å². The van der Waals surface area contributed by atoms with Gasteiger partial charge in [0.25, 0.3) is 0 Å². The van der Waals surface area contributed by atoms with E-state index < -0.39 is 0 Å². The van der Waals surface area contributed by atoms with Crippen LogP contribution in [0.2, 0.25) is 0 Å². The maximum atomic E-state index is 11.4. The van der Waals surface area contributed by atoms with Crippen LogP contribution in [0.25, 0.3) is 0 Å². The Hall–Kier alpha value is -1.75. The molecule has 1 rings (SSSR count). The van der Waals surface area contributed by atoms with Crippen LogP contribution in [-0.2, 0) is 4.74 Å². The molecule has 0 saturated heterocycles. The number of carbonyl (C=O) groups excluding carboxylic acids is 1. The van der Waals surface area contributed by atoms with Crippen LogP contribution in [0.3, 0.4) is 0 Å². The third-order valence-electron chi connectivity index (χ3n) is 3.02. The van der Waals surface area contributed by atoms with Gasteiger partial charge in [0, 0.05) is 12.0 Å². The van der Waals surface area contributed by atoms with Crippen molar-refractivity contribution in [2.75, 3.05) is 7.11 Å². The van der Waals surface area contributed by atoms with E-state index in [1.54, 1.807) is 6.07 Å². The molecule has 0 amide bonds. The lowest BCUT2D eigenvalue weighted by Crippen LogP contribution is -2.03. The molecule has 0 unspecified atom stereocenters. The highest BCUT2D eigenvalue weighted by molar-refractivity contribution is 5.91. The van der Waals surface area contributed by atoms with Gasteiger partial charge in [-0.25, -0.2) is 4.79 Å². The lowest BCUT2D eigenvalue weighted by Gasteiger charge is -2.03. The van der Waals surface area contributed by atoms with E-state index in [2.05, 4.69) is 18.8 Å². The predicted molar refractivity (Wildman–Crippen MR) is 78.2 cm³/mol. The second kappa shape index (κ2) is 8.37. The molecule has 0 aromatic heterocycles. The summed E-state index contributed by atoms with van der Waals surface area (Å²) in [6, 6.07) is 5.59. The predicted octanol–water partition coefficient (Wildman–Crippen LogP) is 4.10. The van der Waals surface area contributed by atoms with E-state index >= 15 is 0 Å². The number of benzene rings is 1. The first-order valence-corrected chi connectivity index (χ1v) is 6.87. The van der Waals surface area contributed by atoms with E-state index in [4.69, 9.17) is 4.74 Å². The number of hydrogen-bond acceptors (Lipinski definition) is 2. The van der Waals surface area contributed by atoms with Crippen molar-refractivity contribution >= 4 is 5.97 Å². The molecule has 0 spiro atoms. The third kappa shape index (κ3) is 5.18. The summed E-state index contributed by atoms with van der Waals surface area (Å²) < 4.78 is 4.72. The maximum Gasteiger partial charge on any atom is 0.338 e. The van der Waals surface area contributed by atoms with Gasteiger partial charge in [0.2, 0.25) is 0 Å². The van der Waals surface area contributed by atoms with Gasteiger partial charge in [-0.3, -0.25) is 0 Å². The number of methoxy groups -OCH3 is 1. The molecule has 0 aliphatic rings. The molecular weight excluding hydrogens is 236 g/mol. The van der Waals surface area contributed by atoms with E-state index in [1.165, 1.54) is 32.8 Å². The topological polar surface area (TPSA) is 26.3 Å². The third-order valence-corrected chi connectivity index (χ3v) is 3.02. The number of esters is 1. The summed E-state index contributed by atoms with van der Waals surface area (Å²) in [6.07, 6.45) is 5.90. The van der Waals surface area contributed by atoms with Crippen molar-refractivity contribution < 1.29 is 9.53 Å². The minimum Gasteiger partial charge on any atom is -0.465 e. The average Bonchev–Trinajstić information content (AvgIpc) is 2.42. The van der Waals surface area contributed by atoms with E-state index in [1.807, 2.05) is 19.1 Å². The summed E-state index contributed by atoms with van der Waals surface area (Å²) in [5, 5.41) is 0. The number of unbranched alkanes of at least 4 members (excludes halogenated alkanes) is 4. The minimum absolute atomic E-state index is 0.295. The molecule has 0 N–H and O–H groups in total. The van der Waals surface area contributed by atoms with Gasteiger partial charge >= 0.3 is 5.97 Å². The second-order valence-corrected chi connectivity index (χ2v) is 4.63. The molecule has 2 nitrogen and oxygen atoms in total. The summed E-state index contributed by atoms with van der Waals surface area (Å²) in [7, 11) is 1.39. The van der Waals surface area contributed by atoms with Crippen LogP contribution in [0.5, 0.6) is 0 Å². The van der Waals surface area contributed by atoms with Gasteiger partial charge in [0.15, 0.2) is 0 Å². The summed E-state index contributed by atoms with van der Waals surface area (Å²) in [6.45, 7) is 4.11. The average molecular weight is 258 g/mol. The highest BCUT2D eigenvalue weighted by atomic mass is 16.5. The minimum atomic E-state index is -0.295. The molecule has 0 aliphatic carbocycles. The maximum absolute atomic E-state index is 11.4. The molecule has 0 saturated carbocycles. The zero-order valence-electron chi connectivity index (χ0n) is 12.1. The number of carbonyl (C=O) groups is 1. The van der Waals surface area contributed by atoms with Crippen molar-refractivity contribution in [2.24, 2.45) is 0 Å². The lowest BCUT2D eigenvalue weighted by molar-refractivity contribution is 0.0600. The van der Waals surface area contributed by atoms with Crippen molar-refractivity contribution in [3.05, 3.63) is 34.9 Å². The van der Waals surface area contributed by atoms with E-state index in [-0.39, 0.29) is 5.97 Å². The number of ether oxygens (including phenoxy) is 1. The van der Waals surface area contributed by atoms with Gasteiger partial charge in [0.1, 0.15) is 0 Å². The number of aryl methyl sites for hydroxylation is 1. The van der Waals surface area contributed by atoms with E-state index in [9.17, 15) is 4.79 Å². The first kappa shape index (κ1) is 15.3. The Kier molecular flexibility index (Phi) is 6.74. The molecule has 102 valence electrons. The quantitative estimate of drug-likeness (QED) is 0.451. The van der Waals surface area contributed by atoms with E-state index in [0.717, 1.165) is 17.5 Å². The fourth-order valence-electron chi connectivity index (χ4n) is 1.89. The molecule has 1 aromatic rings. The molecule has 0 heterocycles. The SMILES string of the molecule is CCCCCCC#Cc1ccc(C(=O)OC)c(C)c1. The number of rotatable bonds is 5. The monoisotopic (exact) mass is 258 g/mol. The standard InChI is InChI=1S/C17H22O2/c1-4-5-6-7-8-9-10-15-11-12-16(14(2)13-15)17(18)19-3/h11-13H,4-8H2,1-3H3. The summed E-state index contributed by atoms with van der Waals surface area (Å²) in [5.41, 5.74) is 2.47. The molecule has 0 aliphatic heterocycles. The zero-order valence-corrected chi connectivity index (χ0v) is 12.1. The van der Waals surface area contributed by atoms with Gasteiger partial charge in [-0.2, -0.15) is 0 Å². The summed E-state index contributed by atoms with van der Waals surface area (Å²) in [5.74, 6) is 6.03. The van der Waals surface area contributed by atoms with Gasteiger partial charge < -0.3 is 4.74 Å². The normalized spacial score (nSPS) is 9.63. The summed E-state index contributed by atoms with van der Waals surface area (Å²) >= 11 is 0. The largest absolute Gasteiger partial charge is 0.465 e. The fraction of sp³-hybridized carbons (Fsp3) is 0.471. The zero-order chi connectivity index (χ0) is 14.1. The first-order chi connectivity index (χ1) is 9.19. The summed E-state index contributed by atoms with van der Waals surface area (Å²) in [4.78, 5) is 11.4. The highest BCUT2D eigenvalue weighted by Gasteiger charge is 2.08. The molecule has 0 radical (unpaired) electrons. The molecule has 0 fully saturated rings. The van der Waals surface area contributed by atoms with Crippen molar-refractivity contribution in [1.29, 1.82) is 0 Å². The Bertz CT molecular complexity index is 478. The molecular formula is C17H22O2. The Labute approximate surface area is 116 Å². The highest BCUT2D eigenvalue weighted by Crippen LogP contribution is 2.11. The van der Waals surface area contributed by atoms with Crippen molar-refractivity contribution in [2.45, 2.75) is 46.0 Å². The number of hydrogen-bond donors (Lipinski definition) is 0. The molecule has 1 aromatic carbocycles. The van der Waals surface area contributed by atoms with Gasteiger partial charge in [-0.1, -0.05) is 38.0 Å². The Morgan fingerprint density at radius 2 is 2.05 bits per heavy atom. The Balaban J connectivity index is 2.59. The van der Waals surface area contributed by atoms with Gasteiger partial charge in [-0.05, 0) is 37.1 Å². The smallest absolute Gasteiger partial charge is 0.338 e. The lowest BCUT2D eigenvalue weighted by atomic mass is 10.1. The van der Waals surface area contributed by atoms with Crippen molar-refractivity contribution in [1.82, 2.24) is 0 Å². The van der Waals surface area contributed by atoms with Crippen LogP contribution in [-0.4, -0.2) is 13.1 Å². The molecule has 0 bridgehead atoms. The molecule has 19 heavy (non-hydrogen) atoms. The van der Waals surface area contributed by atoms with Crippen LogP contribution < -0.4 is 0 Å². The first-order valence-electron chi connectivity index (χ1n) is 6.87. The van der Waals surface area contributed by atoms with Crippen molar-refractivity contribution in [3.63, 3.8) is 0 Å². The molecule has 0 atom stereocenters. The Morgan fingerprint density at radius 1 is 1.26 bits per heavy atom. The fourth-order valence-corrected chi connectivity index (χ4v) is 1.89. The van der Waals surface area contributed by atoms with Crippen LogP contribution in [0.4, 0.5) is 0 Å². The van der Waals surface area contributed by atoms with Gasteiger partial charge in [-0.15, -0.1) is 0 Å². The Morgan fingerprint density at radius 3 is 2.68 bits per heavy atom.